The standard InChI is InChI=1S/C11H17NS/c1-9(2)10-5-3-4-6-11(10)12-7-8-13/h3-6,9,12-13H,7-8H2,1-2H3. The third kappa shape index (κ3) is 2.96. The molecule has 0 unspecified atom stereocenters. The summed E-state index contributed by atoms with van der Waals surface area (Å²) >= 11 is 4.17. The van der Waals surface area contributed by atoms with Crippen LogP contribution in [0.25, 0.3) is 0 Å². The molecular weight excluding hydrogens is 178 g/mol. The summed E-state index contributed by atoms with van der Waals surface area (Å²) in [7, 11) is 0. The van der Waals surface area contributed by atoms with E-state index < -0.39 is 0 Å². The fraction of sp³-hybridized carbons (Fsp3) is 0.455. The Bertz CT molecular complexity index is 258. The van der Waals surface area contributed by atoms with E-state index in [1.165, 1.54) is 11.3 Å². The summed E-state index contributed by atoms with van der Waals surface area (Å²) in [5.74, 6) is 1.44. The molecule has 1 rings (SSSR count). The third-order valence-corrected chi connectivity index (χ3v) is 2.23. The molecule has 0 bridgehead atoms. The van der Waals surface area contributed by atoms with Crippen molar-refractivity contribution < 1.29 is 0 Å². The van der Waals surface area contributed by atoms with E-state index in [0.717, 1.165) is 12.3 Å². The highest BCUT2D eigenvalue weighted by molar-refractivity contribution is 7.80. The maximum Gasteiger partial charge on any atom is 0.0375 e. The molecule has 0 fully saturated rings. The second kappa shape index (κ2) is 5.18. The van der Waals surface area contributed by atoms with Gasteiger partial charge in [-0.2, -0.15) is 12.6 Å². The highest BCUT2D eigenvalue weighted by Gasteiger charge is 2.03. The Morgan fingerprint density at radius 2 is 2.00 bits per heavy atom. The number of hydrogen-bond donors (Lipinski definition) is 2. The van der Waals surface area contributed by atoms with Gasteiger partial charge in [-0.05, 0) is 17.5 Å². The lowest BCUT2D eigenvalue weighted by Crippen LogP contribution is -2.05. The van der Waals surface area contributed by atoms with Gasteiger partial charge in [-0.3, -0.25) is 0 Å². The van der Waals surface area contributed by atoms with Crippen molar-refractivity contribution in [2.24, 2.45) is 0 Å². The summed E-state index contributed by atoms with van der Waals surface area (Å²) in [6.07, 6.45) is 0. The van der Waals surface area contributed by atoms with E-state index in [4.69, 9.17) is 0 Å². The Morgan fingerprint density at radius 1 is 1.31 bits per heavy atom. The zero-order valence-corrected chi connectivity index (χ0v) is 9.14. The summed E-state index contributed by atoms with van der Waals surface area (Å²) in [6, 6.07) is 8.44. The average molecular weight is 195 g/mol. The molecule has 1 nitrogen and oxygen atoms in total. The van der Waals surface area contributed by atoms with Crippen molar-refractivity contribution in [3.8, 4) is 0 Å². The SMILES string of the molecule is CC(C)c1ccccc1NCCS. The maximum absolute atomic E-state index is 4.17. The Labute approximate surface area is 86.0 Å². The molecule has 0 aliphatic carbocycles. The Kier molecular flexibility index (Phi) is 4.16. The van der Waals surface area contributed by atoms with Crippen molar-refractivity contribution in [2.75, 3.05) is 17.6 Å². The smallest absolute Gasteiger partial charge is 0.0375 e. The molecule has 1 aromatic carbocycles. The minimum Gasteiger partial charge on any atom is -0.384 e. The Hall–Kier alpha value is -0.630. The van der Waals surface area contributed by atoms with Crippen molar-refractivity contribution in [2.45, 2.75) is 19.8 Å². The Balaban J connectivity index is 2.78. The quantitative estimate of drug-likeness (QED) is 0.703. The lowest BCUT2D eigenvalue weighted by atomic mass is 10.0. The predicted molar refractivity (Wildman–Crippen MR) is 62.9 cm³/mol. The van der Waals surface area contributed by atoms with E-state index in [9.17, 15) is 0 Å². The minimum absolute atomic E-state index is 0.573. The first-order valence-electron chi connectivity index (χ1n) is 4.69. The van der Waals surface area contributed by atoms with E-state index in [1.54, 1.807) is 0 Å². The van der Waals surface area contributed by atoms with Crippen molar-refractivity contribution >= 4 is 18.3 Å². The number of nitrogens with one attached hydrogen (secondary N) is 1. The number of hydrogen-bond acceptors (Lipinski definition) is 2. The average Bonchev–Trinajstić information content (AvgIpc) is 2.15. The van der Waals surface area contributed by atoms with E-state index in [1.807, 2.05) is 0 Å². The third-order valence-electron chi connectivity index (χ3n) is 2.01. The summed E-state index contributed by atoms with van der Waals surface area (Å²) in [4.78, 5) is 0. The van der Waals surface area contributed by atoms with Crippen LogP contribution in [0, 0.1) is 0 Å². The first-order chi connectivity index (χ1) is 6.25. The van der Waals surface area contributed by atoms with Gasteiger partial charge in [-0.15, -0.1) is 0 Å². The molecule has 72 valence electrons. The molecule has 0 radical (unpaired) electrons. The molecule has 0 heterocycles. The van der Waals surface area contributed by atoms with Crippen LogP contribution in [0.15, 0.2) is 24.3 Å². The fourth-order valence-electron chi connectivity index (χ4n) is 1.35. The summed E-state index contributed by atoms with van der Waals surface area (Å²) in [5, 5.41) is 3.37. The molecule has 0 aliphatic rings. The van der Waals surface area contributed by atoms with Gasteiger partial charge in [0, 0.05) is 18.0 Å². The molecule has 0 saturated carbocycles. The maximum atomic E-state index is 4.17. The van der Waals surface area contributed by atoms with Crippen molar-refractivity contribution in [1.82, 2.24) is 0 Å². The van der Waals surface area contributed by atoms with Crippen LogP contribution in [-0.4, -0.2) is 12.3 Å². The van der Waals surface area contributed by atoms with Gasteiger partial charge >= 0.3 is 0 Å². The lowest BCUT2D eigenvalue weighted by molar-refractivity contribution is 0.866. The van der Waals surface area contributed by atoms with Crippen LogP contribution in [0.2, 0.25) is 0 Å². The van der Waals surface area contributed by atoms with Crippen LogP contribution in [0.4, 0.5) is 5.69 Å². The van der Waals surface area contributed by atoms with Gasteiger partial charge in [0.25, 0.3) is 0 Å². The topological polar surface area (TPSA) is 12.0 Å². The molecule has 13 heavy (non-hydrogen) atoms. The van der Waals surface area contributed by atoms with Gasteiger partial charge < -0.3 is 5.32 Å². The molecule has 0 atom stereocenters. The van der Waals surface area contributed by atoms with Crippen molar-refractivity contribution in [1.29, 1.82) is 0 Å². The molecule has 0 spiro atoms. The number of thiol groups is 1. The van der Waals surface area contributed by atoms with Gasteiger partial charge in [0.15, 0.2) is 0 Å². The first kappa shape index (κ1) is 10.5. The van der Waals surface area contributed by atoms with E-state index >= 15 is 0 Å². The highest BCUT2D eigenvalue weighted by Crippen LogP contribution is 2.23. The molecule has 2 heteroatoms. The number of para-hydroxylation sites is 1. The van der Waals surface area contributed by atoms with E-state index in [0.29, 0.717) is 5.92 Å². The molecule has 1 N–H and O–H groups in total. The van der Waals surface area contributed by atoms with Crippen LogP contribution in [0.3, 0.4) is 0 Å². The first-order valence-corrected chi connectivity index (χ1v) is 5.32. The van der Waals surface area contributed by atoms with Crippen LogP contribution >= 0.6 is 12.6 Å². The van der Waals surface area contributed by atoms with Crippen molar-refractivity contribution in [3.05, 3.63) is 29.8 Å². The van der Waals surface area contributed by atoms with Gasteiger partial charge in [-0.25, -0.2) is 0 Å². The molecule has 0 aliphatic heterocycles. The van der Waals surface area contributed by atoms with Crippen LogP contribution in [0.5, 0.6) is 0 Å². The Morgan fingerprint density at radius 3 is 2.62 bits per heavy atom. The largest absolute Gasteiger partial charge is 0.384 e. The molecule has 0 saturated heterocycles. The molecular formula is C11H17NS. The normalized spacial score (nSPS) is 10.5. The van der Waals surface area contributed by atoms with Crippen LogP contribution in [0.1, 0.15) is 25.3 Å². The zero-order valence-electron chi connectivity index (χ0n) is 8.25. The van der Waals surface area contributed by atoms with Crippen LogP contribution in [-0.2, 0) is 0 Å². The van der Waals surface area contributed by atoms with Gasteiger partial charge in [0.2, 0.25) is 0 Å². The van der Waals surface area contributed by atoms with Crippen molar-refractivity contribution in [3.63, 3.8) is 0 Å². The number of rotatable bonds is 4. The van der Waals surface area contributed by atoms with Crippen LogP contribution < -0.4 is 5.32 Å². The zero-order chi connectivity index (χ0) is 9.68. The summed E-state index contributed by atoms with van der Waals surface area (Å²) in [5.41, 5.74) is 2.62. The summed E-state index contributed by atoms with van der Waals surface area (Å²) < 4.78 is 0. The van der Waals surface area contributed by atoms with Gasteiger partial charge in [0.1, 0.15) is 0 Å². The van der Waals surface area contributed by atoms with Gasteiger partial charge in [-0.1, -0.05) is 32.0 Å². The van der Waals surface area contributed by atoms with E-state index in [2.05, 4.69) is 56.1 Å². The number of anilines is 1. The van der Waals surface area contributed by atoms with Gasteiger partial charge in [0.05, 0.1) is 0 Å². The molecule has 0 aromatic heterocycles. The highest BCUT2D eigenvalue weighted by atomic mass is 32.1. The minimum atomic E-state index is 0.573. The second-order valence-corrected chi connectivity index (χ2v) is 3.84. The molecule has 1 aromatic rings. The van der Waals surface area contributed by atoms with E-state index in [-0.39, 0.29) is 0 Å². The summed E-state index contributed by atoms with van der Waals surface area (Å²) in [6.45, 7) is 5.34. The fourth-order valence-corrected chi connectivity index (χ4v) is 1.46. The predicted octanol–water partition coefficient (Wildman–Crippen LogP) is 3.15. The second-order valence-electron chi connectivity index (χ2n) is 3.39. The monoisotopic (exact) mass is 195 g/mol. The lowest BCUT2D eigenvalue weighted by Gasteiger charge is -2.13. The molecule has 0 amide bonds. The number of benzene rings is 1.